The van der Waals surface area contributed by atoms with Crippen LogP contribution in [0.3, 0.4) is 0 Å². The molecule has 4 aromatic rings. The van der Waals surface area contributed by atoms with Crippen LogP contribution in [0, 0.1) is 0 Å². The number of amides is 2. The fourth-order valence-corrected chi connectivity index (χ4v) is 3.32. The van der Waals surface area contributed by atoms with Gasteiger partial charge >= 0.3 is 0 Å². The fraction of sp³-hybridized carbons (Fsp3) is 0.0357. The van der Waals surface area contributed by atoms with Crippen molar-refractivity contribution in [2.24, 2.45) is 0 Å². The molecule has 6 nitrogen and oxygen atoms in total. The van der Waals surface area contributed by atoms with E-state index in [2.05, 4.69) is 15.6 Å². The van der Waals surface area contributed by atoms with Crippen LogP contribution in [0.15, 0.2) is 109 Å². The minimum Gasteiger partial charge on any atom is -0.457 e. The number of halogens is 1. The fourth-order valence-electron chi connectivity index (χ4n) is 3.19. The minimum atomic E-state index is -0.439. The monoisotopic (exact) mass is 483 g/mol. The molecule has 1 aromatic heterocycles. The standard InChI is InChI=1S/C28H22ClN3O3/c29-23-13-11-22(12-14-23)27(33)32-26(28(34)31-19-21-7-5-15-30-18-21)17-20-6-4-10-25(16-20)35-24-8-2-1-3-9-24/h1-18H,19H2,(H,31,34)(H,32,33)/b26-17+. The number of nitrogens with zero attached hydrogens (tertiary/aromatic N) is 1. The van der Waals surface area contributed by atoms with Crippen LogP contribution in [0.4, 0.5) is 0 Å². The Kier molecular flexibility index (Phi) is 7.88. The highest BCUT2D eigenvalue weighted by molar-refractivity contribution is 6.30. The molecule has 1 heterocycles. The number of pyridine rings is 1. The van der Waals surface area contributed by atoms with Crippen molar-refractivity contribution in [1.82, 2.24) is 15.6 Å². The second-order valence-corrected chi connectivity index (χ2v) is 7.99. The first-order chi connectivity index (χ1) is 17.1. The smallest absolute Gasteiger partial charge is 0.268 e. The highest BCUT2D eigenvalue weighted by Gasteiger charge is 2.15. The van der Waals surface area contributed by atoms with E-state index in [0.717, 1.165) is 5.56 Å². The molecule has 0 aliphatic heterocycles. The van der Waals surface area contributed by atoms with E-state index in [1.165, 1.54) is 0 Å². The summed E-state index contributed by atoms with van der Waals surface area (Å²) in [4.78, 5) is 29.9. The first-order valence-corrected chi connectivity index (χ1v) is 11.2. The predicted octanol–water partition coefficient (Wildman–Crippen LogP) is 5.61. The van der Waals surface area contributed by atoms with Crippen molar-refractivity contribution in [2.45, 2.75) is 6.54 Å². The molecule has 0 aliphatic carbocycles. The third kappa shape index (κ3) is 7.03. The minimum absolute atomic E-state index is 0.0886. The van der Waals surface area contributed by atoms with Gasteiger partial charge in [-0.1, -0.05) is 48.0 Å². The topological polar surface area (TPSA) is 80.3 Å². The van der Waals surface area contributed by atoms with Gasteiger partial charge in [0, 0.05) is 29.5 Å². The third-order valence-electron chi connectivity index (χ3n) is 4.92. The summed E-state index contributed by atoms with van der Waals surface area (Å²) in [5, 5.41) is 6.06. The maximum absolute atomic E-state index is 13.1. The van der Waals surface area contributed by atoms with E-state index in [9.17, 15) is 9.59 Å². The number of rotatable bonds is 8. The molecule has 2 N–H and O–H groups in total. The lowest BCUT2D eigenvalue weighted by Gasteiger charge is -2.12. The van der Waals surface area contributed by atoms with Gasteiger partial charge in [-0.25, -0.2) is 0 Å². The normalized spacial score (nSPS) is 10.9. The zero-order valence-electron chi connectivity index (χ0n) is 18.6. The third-order valence-corrected chi connectivity index (χ3v) is 5.18. The summed E-state index contributed by atoms with van der Waals surface area (Å²) < 4.78 is 5.89. The quantitative estimate of drug-likeness (QED) is 0.319. The van der Waals surface area contributed by atoms with Gasteiger partial charge in [-0.2, -0.15) is 0 Å². The Morgan fingerprint density at radius 1 is 0.886 bits per heavy atom. The largest absolute Gasteiger partial charge is 0.457 e. The van der Waals surface area contributed by atoms with Crippen LogP contribution < -0.4 is 15.4 Å². The summed E-state index contributed by atoms with van der Waals surface area (Å²) in [6.45, 7) is 0.262. The van der Waals surface area contributed by atoms with Crippen LogP contribution in [0.1, 0.15) is 21.5 Å². The molecule has 0 spiro atoms. The molecule has 4 rings (SSSR count). The van der Waals surface area contributed by atoms with Gasteiger partial charge in [0.1, 0.15) is 17.2 Å². The summed E-state index contributed by atoms with van der Waals surface area (Å²) in [6.07, 6.45) is 4.93. The highest BCUT2D eigenvalue weighted by Crippen LogP contribution is 2.23. The van der Waals surface area contributed by atoms with Crippen LogP contribution in [-0.2, 0) is 11.3 Å². The molecular weight excluding hydrogens is 462 g/mol. The molecule has 0 saturated heterocycles. The Hall–Kier alpha value is -4.42. The Morgan fingerprint density at radius 3 is 2.40 bits per heavy atom. The van der Waals surface area contributed by atoms with Crippen molar-refractivity contribution in [1.29, 1.82) is 0 Å². The zero-order valence-corrected chi connectivity index (χ0v) is 19.4. The summed E-state index contributed by atoms with van der Waals surface area (Å²) in [5.74, 6) is 0.426. The van der Waals surface area contributed by atoms with Crippen LogP contribution in [0.25, 0.3) is 6.08 Å². The van der Waals surface area contributed by atoms with Crippen LogP contribution in [-0.4, -0.2) is 16.8 Å². The summed E-state index contributed by atoms with van der Waals surface area (Å²) in [7, 11) is 0. The van der Waals surface area contributed by atoms with Crippen LogP contribution in [0.5, 0.6) is 11.5 Å². The van der Waals surface area contributed by atoms with Crippen LogP contribution >= 0.6 is 11.6 Å². The van der Waals surface area contributed by atoms with E-state index in [-0.39, 0.29) is 12.2 Å². The van der Waals surface area contributed by atoms with Gasteiger partial charge in [-0.15, -0.1) is 0 Å². The Morgan fingerprint density at radius 2 is 1.66 bits per heavy atom. The van der Waals surface area contributed by atoms with E-state index >= 15 is 0 Å². The summed E-state index contributed by atoms with van der Waals surface area (Å²) in [6, 6.07) is 26.7. The number of hydrogen-bond acceptors (Lipinski definition) is 4. The highest BCUT2D eigenvalue weighted by atomic mass is 35.5. The molecule has 7 heteroatoms. The van der Waals surface area contributed by atoms with Crippen molar-refractivity contribution in [3.8, 4) is 11.5 Å². The van der Waals surface area contributed by atoms with Gasteiger partial charge in [0.05, 0.1) is 0 Å². The van der Waals surface area contributed by atoms with E-state index in [4.69, 9.17) is 16.3 Å². The van der Waals surface area contributed by atoms with Crippen molar-refractivity contribution in [3.63, 3.8) is 0 Å². The molecule has 35 heavy (non-hydrogen) atoms. The first-order valence-electron chi connectivity index (χ1n) is 10.9. The Labute approximate surface area is 208 Å². The lowest BCUT2D eigenvalue weighted by Crippen LogP contribution is -2.34. The average molecular weight is 484 g/mol. The predicted molar refractivity (Wildman–Crippen MR) is 136 cm³/mol. The SMILES string of the molecule is O=C(NCc1cccnc1)/C(=C\c1cccc(Oc2ccccc2)c1)NC(=O)c1ccc(Cl)cc1. The molecule has 0 atom stereocenters. The number of carbonyl (C=O) groups is 2. The maximum Gasteiger partial charge on any atom is 0.268 e. The Bertz CT molecular complexity index is 1320. The molecular formula is C28H22ClN3O3. The number of carbonyl (C=O) groups excluding carboxylic acids is 2. The van der Waals surface area contributed by atoms with Gasteiger partial charge in [0.25, 0.3) is 11.8 Å². The second kappa shape index (κ2) is 11.6. The molecule has 0 unspecified atom stereocenters. The number of nitrogens with one attached hydrogen (secondary N) is 2. The van der Waals surface area contributed by atoms with Gasteiger partial charge in [-0.3, -0.25) is 14.6 Å². The molecule has 0 bridgehead atoms. The van der Waals surface area contributed by atoms with Gasteiger partial charge < -0.3 is 15.4 Å². The summed E-state index contributed by atoms with van der Waals surface area (Å²) in [5.41, 5.74) is 1.98. The molecule has 174 valence electrons. The Balaban J connectivity index is 1.57. The molecule has 0 saturated carbocycles. The van der Waals surface area contributed by atoms with Gasteiger partial charge in [0.15, 0.2) is 0 Å². The number of para-hydroxylation sites is 1. The molecule has 2 amide bonds. The van der Waals surface area contributed by atoms with Crippen molar-refractivity contribution < 1.29 is 14.3 Å². The van der Waals surface area contributed by atoms with E-state index in [1.807, 2.05) is 54.6 Å². The number of ether oxygens (including phenoxy) is 1. The van der Waals surface area contributed by atoms with Gasteiger partial charge in [0.2, 0.25) is 0 Å². The zero-order chi connectivity index (χ0) is 24.5. The van der Waals surface area contributed by atoms with Crippen LogP contribution in [0.2, 0.25) is 5.02 Å². The second-order valence-electron chi connectivity index (χ2n) is 7.55. The van der Waals surface area contributed by atoms with Crippen molar-refractivity contribution >= 4 is 29.5 Å². The lowest BCUT2D eigenvalue weighted by molar-refractivity contribution is -0.117. The maximum atomic E-state index is 13.1. The van der Waals surface area contributed by atoms with E-state index in [0.29, 0.717) is 27.6 Å². The molecule has 0 aliphatic rings. The van der Waals surface area contributed by atoms with Crippen molar-refractivity contribution in [2.75, 3.05) is 0 Å². The number of benzene rings is 3. The van der Waals surface area contributed by atoms with Crippen molar-refractivity contribution in [3.05, 3.63) is 131 Å². The molecule has 3 aromatic carbocycles. The number of hydrogen-bond donors (Lipinski definition) is 2. The number of aromatic nitrogens is 1. The lowest BCUT2D eigenvalue weighted by atomic mass is 10.1. The van der Waals surface area contributed by atoms with Gasteiger partial charge in [-0.05, 0) is 71.8 Å². The van der Waals surface area contributed by atoms with E-state index in [1.54, 1.807) is 54.9 Å². The molecule has 0 radical (unpaired) electrons. The first kappa shape index (κ1) is 23.7. The summed E-state index contributed by atoms with van der Waals surface area (Å²) >= 11 is 5.93. The van der Waals surface area contributed by atoms with E-state index < -0.39 is 11.8 Å². The average Bonchev–Trinajstić information content (AvgIpc) is 2.88. The molecule has 0 fully saturated rings.